The fourth-order valence-corrected chi connectivity index (χ4v) is 3.93. The van der Waals surface area contributed by atoms with Gasteiger partial charge in [-0.2, -0.15) is 0 Å². The van der Waals surface area contributed by atoms with Crippen LogP contribution in [0.4, 0.5) is 4.79 Å². The van der Waals surface area contributed by atoms with Gasteiger partial charge in [0.1, 0.15) is 11.5 Å². The summed E-state index contributed by atoms with van der Waals surface area (Å²) in [5.41, 5.74) is 7.58. The first kappa shape index (κ1) is 27.5. The Kier molecular flexibility index (Phi) is 12.3. The van der Waals surface area contributed by atoms with E-state index in [0.717, 1.165) is 50.7 Å². The minimum Gasteiger partial charge on any atom is -0.508 e. The van der Waals surface area contributed by atoms with Gasteiger partial charge in [-0.05, 0) is 67.0 Å². The fraction of sp³-hybridized carbons (Fsp3) is 0.536. The van der Waals surface area contributed by atoms with Gasteiger partial charge >= 0.3 is 6.09 Å². The number of nitrogens with two attached hydrogens (primary N) is 1. The van der Waals surface area contributed by atoms with E-state index >= 15 is 0 Å². The molecule has 0 radical (unpaired) electrons. The monoisotopic (exact) mass is 471 g/mol. The zero-order valence-electron chi connectivity index (χ0n) is 20.9. The van der Waals surface area contributed by atoms with Crippen LogP contribution in [0.3, 0.4) is 0 Å². The van der Waals surface area contributed by atoms with Gasteiger partial charge in [-0.25, -0.2) is 4.79 Å². The van der Waals surface area contributed by atoms with Crippen LogP contribution in [0.1, 0.15) is 82.8 Å². The second kappa shape index (κ2) is 15.2. The summed E-state index contributed by atoms with van der Waals surface area (Å²) in [6.07, 6.45) is 6.06. The van der Waals surface area contributed by atoms with E-state index in [1.54, 1.807) is 12.1 Å². The number of amides is 1. The van der Waals surface area contributed by atoms with Gasteiger partial charge < -0.3 is 25.1 Å². The molecule has 0 aromatic heterocycles. The van der Waals surface area contributed by atoms with Crippen LogP contribution in [-0.2, 0) is 15.9 Å². The third kappa shape index (κ3) is 10.5. The molecule has 34 heavy (non-hydrogen) atoms. The van der Waals surface area contributed by atoms with Crippen LogP contribution < -0.4 is 10.5 Å². The minimum atomic E-state index is -0.802. The van der Waals surface area contributed by atoms with Gasteiger partial charge in [0.05, 0.1) is 12.7 Å². The number of hydrogen-bond acceptors (Lipinski definition) is 5. The first-order valence-electron chi connectivity index (χ1n) is 12.5. The summed E-state index contributed by atoms with van der Waals surface area (Å²) in [7, 11) is 0. The molecule has 0 fully saturated rings. The number of rotatable bonds is 16. The van der Waals surface area contributed by atoms with E-state index in [2.05, 4.69) is 26.0 Å². The molecule has 0 saturated carbocycles. The molecule has 3 N–H and O–H groups in total. The van der Waals surface area contributed by atoms with Gasteiger partial charge in [-0.15, -0.1) is 0 Å². The summed E-state index contributed by atoms with van der Waals surface area (Å²) >= 11 is 0. The molecule has 0 bridgehead atoms. The molecule has 0 heterocycles. The van der Waals surface area contributed by atoms with E-state index in [0.29, 0.717) is 24.7 Å². The summed E-state index contributed by atoms with van der Waals surface area (Å²) in [6.45, 7) is 6.88. The maximum atomic E-state index is 11.0. The molecule has 1 amide bonds. The van der Waals surface area contributed by atoms with Crippen molar-refractivity contribution in [1.29, 1.82) is 0 Å². The van der Waals surface area contributed by atoms with Crippen molar-refractivity contribution in [3.63, 3.8) is 0 Å². The van der Waals surface area contributed by atoms with Gasteiger partial charge in [0.25, 0.3) is 0 Å². The van der Waals surface area contributed by atoms with Crippen molar-refractivity contribution in [2.45, 2.75) is 90.4 Å². The van der Waals surface area contributed by atoms with Crippen LogP contribution in [0.25, 0.3) is 0 Å². The highest BCUT2D eigenvalue weighted by molar-refractivity contribution is 5.64. The molecule has 2 aromatic rings. The summed E-state index contributed by atoms with van der Waals surface area (Å²) in [4.78, 5) is 11.0. The molecular weight excluding hydrogens is 430 g/mol. The van der Waals surface area contributed by atoms with E-state index in [4.69, 9.17) is 19.9 Å². The molecule has 0 spiro atoms. The highest BCUT2D eigenvalue weighted by Gasteiger charge is 2.14. The van der Waals surface area contributed by atoms with Gasteiger partial charge in [0.2, 0.25) is 6.29 Å². The molecule has 2 rings (SSSR count). The molecule has 3 unspecified atom stereocenters. The second-order valence-corrected chi connectivity index (χ2v) is 8.89. The predicted molar refractivity (Wildman–Crippen MR) is 135 cm³/mol. The van der Waals surface area contributed by atoms with Crippen LogP contribution in [0, 0.1) is 0 Å². The topological polar surface area (TPSA) is 91.0 Å². The molecule has 0 saturated heterocycles. The molecule has 0 aliphatic heterocycles. The Morgan fingerprint density at radius 2 is 1.62 bits per heavy atom. The highest BCUT2D eigenvalue weighted by Crippen LogP contribution is 2.25. The Labute approximate surface area is 204 Å². The largest absolute Gasteiger partial charge is 0.508 e. The van der Waals surface area contributed by atoms with Crippen LogP contribution in [0.2, 0.25) is 0 Å². The Hall–Kier alpha value is -2.73. The molecule has 0 aliphatic rings. The number of aromatic hydroxyl groups is 1. The Balaban J connectivity index is 1.84. The summed E-state index contributed by atoms with van der Waals surface area (Å²) < 4.78 is 17.0. The van der Waals surface area contributed by atoms with Gasteiger partial charge in [0.15, 0.2) is 0 Å². The van der Waals surface area contributed by atoms with Crippen molar-refractivity contribution in [3.8, 4) is 11.5 Å². The van der Waals surface area contributed by atoms with E-state index in [1.165, 1.54) is 11.1 Å². The normalized spacial score (nSPS) is 13.7. The lowest BCUT2D eigenvalue weighted by Gasteiger charge is -2.21. The second-order valence-electron chi connectivity index (χ2n) is 8.89. The standard InChI is InChI=1S/C28H41NO5/c1-4-6-9-25(10-7-19-32-27(8-5-2)34-28(29)31)33-26-17-11-22(12-18-26)20-21(3)23-13-15-24(30)16-14-23/h11-18,21,25,27,30H,4-10,19-20H2,1-3H3,(H2,29,31). The predicted octanol–water partition coefficient (Wildman–Crippen LogP) is 6.69. The molecule has 6 nitrogen and oxygen atoms in total. The van der Waals surface area contributed by atoms with Crippen molar-refractivity contribution in [2.75, 3.05) is 6.61 Å². The number of primary amides is 1. The Bertz CT molecular complexity index is 822. The summed E-state index contributed by atoms with van der Waals surface area (Å²) in [5.74, 6) is 1.53. The zero-order valence-corrected chi connectivity index (χ0v) is 20.9. The maximum Gasteiger partial charge on any atom is 0.406 e. The van der Waals surface area contributed by atoms with Crippen molar-refractivity contribution >= 4 is 6.09 Å². The van der Waals surface area contributed by atoms with E-state index < -0.39 is 12.4 Å². The number of carbonyl (C=O) groups is 1. The molecule has 188 valence electrons. The lowest BCUT2D eigenvalue weighted by Crippen LogP contribution is -2.26. The minimum absolute atomic E-state index is 0.118. The number of unbranched alkanes of at least 4 members (excludes halogenated alkanes) is 1. The lowest BCUT2D eigenvalue weighted by atomic mass is 9.94. The Morgan fingerprint density at radius 1 is 0.941 bits per heavy atom. The maximum absolute atomic E-state index is 11.0. The SMILES string of the molecule is CCCCC(CCCOC(CCC)OC(N)=O)Oc1ccc(CC(C)c2ccc(O)cc2)cc1. The fourth-order valence-electron chi connectivity index (χ4n) is 3.93. The highest BCUT2D eigenvalue weighted by atomic mass is 16.7. The zero-order chi connectivity index (χ0) is 24.8. The molecule has 6 heteroatoms. The number of phenolic OH excluding ortho intramolecular Hbond substituents is 1. The molecular formula is C28H41NO5. The number of ether oxygens (including phenoxy) is 3. The van der Waals surface area contributed by atoms with Gasteiger partial charge in [-0.1, -0.05) is 64.3 Å². The quantitative estimate of drug-likeness (QED) is 0.210. The summed E-state index contributed by atoms with van der Waals surface area (Å²) in [5, 5.41) is 9.49. The number of hydrogen-bond donors (Lipinski definition) is 2. The third-order valence-corrected chi connectivity index (χ3v) is 5.86. The average molecular weight is 472 g/mol. The van der Waals surface area contributed by atoms with Crippen LogP contribution in [-0.4, -0.2) is 30.2 Å². The van der Waals surface area contributed by atoms with Gasteiger partial charge in [-0.3, -0.25) is 0 Å². The number of carbonyl (C=O) groups excluding carboxylic acids is 1. The molecule has 0 aliphatic carbocycles. The van der Waals surface area contributed by atoms with E-state index in [-0.39, 0.29) is 6.10 Å². The van der Waals surface area contributed by atoms with Crippen molar-refractivity contribution in [1.82, 2.24) is 0 Å². The number of phenols is 1. The van der Waals surface area contributed by atoms with Crippen LogP contribution in [0.15, 0.2) is 48.5 Å². The smallest absolute Gasteiger partial charge is 0.406 e. The van der Waals surface area contributed by atoms with Crippen LogP contribution >= 0.6 is 0 Å². The van der Waals surface area contributed by atoms with Crippen molar-refractivity contribution < 1.29 is 24.1 Å². The van der Waals surface area contributed by atoms with Gasteiger partial charge in [0, 0.05) is 6.42 Å². The van der Waals surface area contributed by atoms with E-state index in [1.807, 2.05) is 31.2 Å². The van der Waals surface area contributed by atoms with E-state index in [9.17, 15) is 9.90 Å². The summed E-state index contributed by atoms with van der Waals surface area (Å²) in [6, 6.07) is 15.8. The Morgan fingerprint density at radius 3 is 2.24 bits per heavy atom. The molecule has 2 aromatic carbocycles. The van der Waals surface area contributed by atoms with Crippen molar-refractivity contribution in [2.24, 2.45) is 5.73 Å². The van der Waals surface area contributed by atoms with Crippen LogP contribution in [0.5, 0.6) is 11.5 Å². The first-order valence-corrected chi connectivity index (χ1v) is 12.5. The third-order valence-electron chi connectivity index (χ3n) is 5.86. The average Bonchev–Trinajstić information content (AvgIpc) is 2.81. The van der Waals surface area contributed by atoms with Crippen molar-refractivity contribution in [3.05, 3.63) is 59.7 Å². The number of benzene rings is 2. The lowest BCUT2D eigenvalue weighted by molar-refractivity contribution is -0.107. The first-order chi connectivity index (χ1) is 16.4. The molecule has 3 atom stereocenters.